The quantitative estimate of drug-likeness (QED) is 0.359. The number of ether oxygens (including phenoxy) is 1. The maximum absolute atomic E-state index is 14.8. The van der Waals surface area contributed by atoms with Gasteiger partial charge in [-0.3, -0.25) is 14.4 Å². The lowest BCUT2D eigenvalue weighted by Crippen LogP contribution is -2.69. The molecule has 1 N–H and O–H groups in total. The summed E-state index contributed by atoms with van der Waals surface area (Å²) < 4.78 is 6.35. The molecule has 4 atom stereocenters. The van der Waals surface area contributed by atoms with Crippen LogP contribution in [0, 0.1) is 28.1 Å². The Morgan fingerprint density at radius 3 is 2.17 bits per heavy atom. The second-order valence-electron chi connectivity index (χ2n) is 12.9. The Balaban J connectivity index is 2.40. The molecular formula is C30H44O5. The lowest BCUT2D eigenvalue weighted by atomic mass is 9.39. The summed E-state index contributed by atoms with van der Waals surface area (Å²) in [6.45, 7) is 18.9. The summed E-state index contributed by atoms with van der Waals surface area (Å²) in [6.07, 6.45) is 5.00. The molecule has 35 heavy (non-hydrogen) atoms. The van der Waals surface area contributed by atoms with E-state index < -0.39 is 33.9 Å². The predicted molar refractivity (Wildman–Crippen MR) is 138 cm³/mol. The molecule has 0 aromatic carbocycles. The number of rotatable bonds is 7. The lowest BCUT2D eigenvalue weighted by Gasteiger charge is -2.60. The predicted octanol–water partition coefficient (Wildman–Crippen LogP) is 5.91. The minimum atomic E-state index is -1.56. The maximum Gasteiger partial charge on any atom is 0.176 e. The number of aliphatic hydroxyl groups is 1. The second kappa shape index (κ2) is 8.83. The topological polar surface area (TPSA) is 80.7 Å². The van der Waals surface area contributed by atoms with Gasteiger partial charge in [0.2, 0.25) is 0 Å². The molecule has 5 nitrogen and oxygen atoms in total. The number of carbonyl (C=O) groups is 3. The van der Waals surface area contributed by atoms with Gasteiger partial charge >= 0.3 is 0 Å². The molecule has 194 valence electrons. The fraction of sp³-hybridized carbons (Fsp3) is 0.700. The van der Waals surface area contributed by atoms with Crippen LogP contribution in [0.25, 0.3) is 0 Å². The van der Waals surface area contributed by atoms with Crippen molar-refractivity contribution in [3.8, 4) is 0 Å². The Kier molecular flexibility index (Phi) is 6.96. The monoisotopic (exact) mass is 484 g/mol. The molecule has 1 aliphatic heterocycles. The highest BCUT2D eigenvalue weighted by Gasteiger charge is 2.76. The standard InChI is InChI=1S/C30H44O5/c1-17(2)11-12-20-16-29(14-13-18(3)4)24(32)21-15-22(28(9,10)34)35-25(21)30(26(29)33,27(20,7)8)23(31)19(5)6/h11,13,19-20,22,34H,12,14-16H2,1-10H3/t20-,22-,29+,30-/m0/s1. The van der Waals surface area contributed by atoms with Crippen LogP contribution in [0.5, 0.6) is 0 Å². The first-order valence-corrected chi connectivity index (χ1v) is 13.0. The van der Waals surface area contributed by atoms with E-state index in [0.29, 0.717) is 18.4 Å². The Hall–Kier alpha value is -2.01. The minimum Gasteiger partial charge on any atom is -0.489 e. The van der Waals surface area contributed by atoms with E-state index in [2.05, 4.69) is 6.08 Å². The average Bonchev–Trinajstić information content (AvgIpc) is 3.17. The smallest absolute Gasteiger partial charge is 0.176 e. The summed E-state index contributed by atoms with van der Waals surface area (Å²) in [6, 6.07) is 0. The van der Waals surface area contributed by atoms with Gasteiger partial charge in [-0.2, -0.15) is 0 Å². The van der Waals surface area contributed by atoms with Crippen molar-refractivity contribution in [2.45, 2.75) is 107 Å². The van der Waals surface area contributed by atoms with Crippen molar-refractivity contribution in [1.29, 1.82) is 0 Å². The molecular weight excluding hydrogens is 440 g/mol. The summed E-state index contributed by atoms with van der Waals surface area (Å²) >= 11 is 0. The summed E-state index contributed by atoms with van der Waals surface area (Å²) in [5, 5.41) is 10.8. The van der Waals surface area contributed by atoms with E-state index in [1.54, 1.807) is 13.8 Å². The normalized spacial score (nSPS) is 31.8. The van der Waals surface area contributed by atoms with Crippen molar-refractivity contribution in [2.24, 2.45) is 28.1 Å². The summed E-state index contributed by atoms with van der Waals surface area (Å²) in [7, 11) is 0. The first-order valence-electron chi connectivity index (χ1n) is 13.0. The van der Waals surface area contributed by atoms with Gasteiger partial charge in [-0.15, -0.1) is 0 Å². The van der Waals surface area contributed by atoms with E-state index >= 15 is 0 Å². The van der Waals surface area contributed by atoms with E-state index in [9.17, 15) is 19.5 Å². The van der Waals surface area contributed by atoms with Crippen LogP contribution in [-0.4, -0.2) is 34.2 Å². The molecule has 3 rings (SSSR count). The van der Waals surface area contributed by atoms with Crippen LogP contribution in [0.3, 0.4) is 0 Å². The number of hydrogen-bond acceptors (Lipinski definition) is 5. The Bertz CT molecular complexity index is 1020. The van der Waals surface area contributed by atoms with E-state index in [1.807, 2.05) is 61.5 Å². The van der Waals surface area contributed by atoms with Gasteiger partial charge in [0, 0.05) is 17.9 Å². The van der Waals surface area contributed by atoms with E-state index in [4.69, 9.17) is 4.74 Å². The molecule has 2 bridgehead atoms. The van der Waals surface area contributed by atoms with Gasteiger partial charge in [0.15, 0.2) is 22.8 Å². The van der Waals surface area contributed by atoms with Gasteiger partial charge in [0.25, 0.3) is 0 Å². The molecule has 1 saturated carbocycles. The number of carbonyl (C=O) groups excluding carboxylic acids is 3. The molecule has 0 aromatic heterocycles. The van der Waals surface area contributed by atoms with Crippen molar-refractivity contribution < 1.29 is 24.2 Å². The van der Waals surface area contributed by atoms with Gasteiger partial charge in [-0.1, -0.05) is 51.0 Å². The van der Waals surface area contributed by atoms with Crippen molar-refractivity contribution in [3.05, 3.63) is 34.6 Å². The summed E-state index contributed by atoms with van der Waals surface area (Å²) in [5.41, 5.74) is -2.23. The molecule has 5 heteroatoms. The molecule has 1 fully saturated rings. The fourth-order valence-corrected chi connectivity index (χ4v) is 6.42. The van der Waals surface area contributed by atoms with E-state index in [1.165, 1.54) is 0 Å². The van der Waals surface area contributed by atoms with Gasteiger partial charge < -0.3 is 9.84 Å². The van der Waals surface area contributed by atoms with Crippen LogP contribution in [0.15, 0.2) is 34.6 Å². The zero-order valence-electron chi connectivity index (χ0n) is 23.3. The van der Waals surface area contributed by atoms with Gasteiger partial charge in [0.05, 0.1) is 11.0 Å². The highest BCUT2D eigenvalue weighted by Crippen LogP contribution is 2.68. The van der Waals surface area contributed by atoms with E-state index in [-0.39, 0.29) is 41.9 Å². The zero-order valence-corrected chi connectivity index (χ0v) is 23.3. The molecule has 0 amide bonds. The van der Waals surface area contributed by atoms with Crippen LogP contribution in [0.4, 0.5) is 0 Å². The highest BCUT2D eigenvalue weighted by atomic mass is 16.5. The summed E-state index contributed by atoms with van der Waals surface area (Å²) in [4.78, 5) is 43.3. The Labute approximate surface area is 211 Å². The first-order chi connectivity index (χ1) is 15.9. The third kappa shape index (κ3) is 3.98. The highest BCUT2D eigenvalue weighted by molar-refractivity contribution is 6.27. The molecule has 0 saturated heterocycles. The average molecular weight is 485 g/mol. The van der Waals surface area contributed by atoms with Crippen molar-refractivity contribution in [1.82, 2.24) is 0 Å². The van der Waals surface area contributed by atoms with E-state index in [0.717, 1.165) is 11.1 Å². The second-order valence-corrected chi connectivity index (χ2v) is 12.9. The van der Waals surface area contributed by atoms with Gasteiger partial charge in [0.1, 0.15) is 11.9 Å². The summed E-state index contributed by atoms with van der Waals surface area (Å²) in [5.74, 6) is -0.990. The van der Waals surface area contributed by atoms with Crippen LogP contribution in [0.1, 0.15) is 94.9 Å². The minimum absolute atomic E-state index is 0.0776. The Morgan fingerprint density at radius 1 is 1.11 bits per heavy atom. The lowest BCUT2D eigenvalue weighted by molar-refractivity contribution is -0.178. The van der Waals surface area contributed by atoms with Crippen LogP contribution < -0.4 is 0 Å². The van der Waals surface area contributed by atoms with Crippen LogP contribution in [0.2, 0.25) is 0 Å². The van der Waals surface area contributed by atoms with Crippen LogP contribution in [-0.2, 0) is 19.1 Å². The molecule has 0 spiro atoms. The molecule has 3 aliphatic rings. The molecule has 0 aromatic rings. The Morgan fingerprint density at radius 2 is 1.69 bits per heavy atom. The van der Waals surface area contributed by atoms with Gasteiger partial charge in [-0.05, 0) is 72.1 Å². The molecule has 0 radical (unpaired) electrons. The number of hydrogen-bond donors (Lipinski definition) is 1. The maximum atomic E-state index is 14.8. The van der Waals surface area contributed by atoms with Crippen molar-refractivity contribution in [2.75, 3.05) is 0 Å². The van der Waals surface area contributed by atoms with Crippen LogP contribution >= 0.6 is 0 Å². The number of ketones is 3. The van der Waals surface area contributed by atoms with Gasteiger partial charge in [-0.25, -0.2) is 0 Å². The number of fused-ring (bicyclic) bond motifs is 3. The SMILES string of the molecule is CC(C)=CC[C@H]1C[C@]2(CC=C(C)C)C(=O)C3=C(O[C@H](C(C)(C)O)C3)[C@@](C(=O)C(C)C)(C2=O)C1(C)C. The van der Waals surface area contributed by atoms with Crippen molar-refractivity contribution in [3.63, 3.8) is 0 Å². The fourth-order valence-electron chi connectivity index (χ4n) is 6.42. The third-order valence-electron chi connectivity index (χ3n) is 8.68. The molecule has 1 heterocycles. The first kappa shape index (κ1) is 27.6. The zero-order chi connectivity index (χ0) is 26.7. The number of allylic oxidation sites excluding steroid dienone is 5. The molecule has 0 unspecified atom stereocenters. The number of Topliss-reactive ketones (excluding diaryl/α,β-unsaturated/α-hetero) is 3. The van der Waals surface area contributed by atoms with Crippen molar-refractivity contribution >= 4 is 17.3 Å². The third-order valence-corrected chi connectivity index (χ3v) is 8.68. The largest absolute Gasteiger partial charge is 0.489 e. The molecule has 2 aliphatic carbocycles.